The Hall–Kier alpha value is -2.36. The second kappa shape index (κ2) is 22.9. The highest BCUT2D eigenvalue weighted by atomic mass is 32.3. The number of ether oxygens (including phenoxy) is 7. The van der Waals surface area contributed by atoms with Gasteiger partial charge in [0.25, 0.3) is 0 Å². The van der Waals surface area contributed by atoms with Gasteiger partial charge in [0.05, 0.1) is 13.2 Å². The molecule has 4 rings (SSSR count). The summed E-state index contributed by atoms with van der Waals surface area (Å²) in [5.41, 5.74) is 0. The second-order valence-corrected chi connectivity index (χ2v) is 21.2. The van der Waals surface area contributed by atoms with Gasteiger partial charge in [0.15, 0.2) is 43.5 Å². The van der Waals surface area contributed by atoms with Gasteiger partial charge < -0.3 is 74.0 Å². The molecule has 4 saturated heterocycles. The quantitative estimate of drug-likeness (QED) is 0.0448. The van der Waals surface area contributed by atoms with Crippen molar-refractivity contribution in [1.29, 1.82) is 0 Å². The van der Waals surface area contributed by atoms with Crippen LogP contribution in [0.3, 0.4) is 0 Å². The molecule has 41 nitrogen and oxygen atoms in total. The minimum Gasteiger partial charge on any atom is -0.479 e. The van der Waals surface area contributed by atoms with Crippen molar-refractivity contribution in [3.63, 3.8) is 0 Å². The first kappa shape index (κ1) is 61.2. The van der Waals surface area contributed by atoms with Gasteiger partial charge >= 0.3 is 74.1 Å². The largest absolute Gasteiger partial charge is 0.479 e. The number of aliphatic hydroxyl groups is 6. The highest BCUT2D eigenvalue weighted by molar-refractivity contribution is 7.84. The molecular weight excluding hydrogens is 1130 g/mol. The van der Waals surface area contributed by atoms with Crippen LogP contribution in [0.25, 0.3) is 0 Å². The van der Waals surface area contributed by atoms with Crippen LogP contribution in [0.5, 0.6) is 0 Å². The SMILES string of the molecule is O=C(O)[C@H]1O[C@@H](O[C@H]2[C@H](OS(=O)(=O)O)[C@@H](NS(=O)(=O)O)[C@@H](O[C@H]3[C@H](O)[C@@H](OS(=O)(=O)O)[C@H](O)O[C@H]3C(=O)O)O[C@@H]2COS(=O)(=O)O)[C@H](O)[C@@H](O)[C@@H]1O[C@H]1O[C@H](COS(=O)(=O)O)[C@@H](O)[C@H](O)[C@H]1NS(=O)(=O)O. The first-order valence-corrected chi connectivity index (χ1v) is 26.6. The van der Waals surface area contributed by atoms with Crippen LogP contribution in [-0.4, -0.2) is 267 Å². The van der Waals surface area contributed by atoms with Crippen LogP contribution in [0, 0.1) is 0 Å². The summed E-state index contributed by atoms with van der Waals surface area (Å²) in [5.74, 6) is -4.58. The Labute approximate surface area is 396 Å². The average molecular weight is 1170 g/mol. The van der Waals surface area contributed by atoms with E-state index in [1.165, 1.54) is 4.72 Å². The standard InChI is InChI=1S/C24H40N2O39S6/c27-7-3(1-55-68(43,44)45)57-22(5(8(7)28)25-66(37,38)39)61-14-9(29)10(30)24(63-18(14)20(34)35)60-12-4(2-56-69(46,47)48)58-23(6(26-67(40,41)42)13(12)64-70(49,50)51)62-15-11(31)16(65-71(52,53)54)21(36)59-17(15)19(32)33/h3-18,21-31,36H,1-2H2,(H,32,33)(H,34,35)(H,37,38,39)(H,40,41,42)(H,43,44,45)(H,46,47,48)(H,49,50,51)(H,52,53,54)/t3-,4-,5-,6-,7-,8-,9-,10-,11+,12-,13-,14+,15+,16-,17-,18+,21-,22-,23-,24-/m1/s1. The Kier molecular flexibility index (Phi) is 19.7. The Morgan fingerprint density at radius 3 is 1.30 bits per heavy atom. The molecule has 0 radical (unpaired) electrons. The van der Waals surface area contributed by atoms with Gasteiger partial charge in [-0.2, -0.15) is 60.0 Å². The molecule has 0 spiro atoms. The number of hydrogen-bond donors (Lipinski definition) is 16. The summed E-state index contributed by atoms with van der Waals surface area (Å²) in [5, 5.41) is 84.4. The molecule has 16 N–H and O–H groups in total. The number of aliphatic hydroxyl groups excluding tert-OH is 6. The van der Waals surface area contributed by atoms with Gasteiger partial charge in [-0.1, -0.05) is 0 Å². The summed E-state index contributed by atoms with van der Waals surface area (Å²) in [6.45, 7) is -3.29. The summed E-state index contributed by atoms with van der Waals surface area (Å²) in [4.78, 5) is 24.7. The van der Waals surface area contributed by atoms with Gasteiger partial charge in [-0.15, -0.1) is 0 Å². The summed E-state index contributed by atoms with van der Waals surface area (Å²) >= 11 is 0. The van der Waals surface area contributed by atoms with E-state index >= 15 is 0 Å². The molecule has 0 aliphatic carbocycles. The van der Waals surface area contributed by atoms with Crippen molar-refractivity contribution in [3.05, 3.63) is 0 Å². The van der Waals surface area contributed by atoms with Crippen LogP contribution in [0.15, 0.2) is 0 Å². The van der Waals surface area contributed by atoms with E-state index in [1.54, 1.807) is 0 Å². The summed E-state index contributed by atoms with van der Waals surface area (Å²) in [6.07, 6.45) is -50.3. The maximum atomic E-state index is 12.6. The van der Waals surface area contributed by atoms with Crippen LogP contribution < -0.4 is 9.44 Å². The molecule has 0 saturated carbocycles. The summed E-state index contributed by atoms with van der Waals surface area (Å²) < 4.78 is 253. The summed E-state index contributed by atoms with van der Waals surface area (Å²) in [6, 6.07) is -5.53. The van der Waals surface area contributed by atoms with E-state index in [9.17, 15) is 119 Å². The molecule has 20 atom stereocenters. The fourth-order valence-corrected chi connectivity index (χ4v) is 9.65. The highest BCUT2D eigenvalue weighted by Gasteiger charge is 2.60. The monoisotopic (exact) mass is 1170 g/mol. The predicted molar refractivity (Wildman–Crippen MR) is 202 cm³/mol. The molecule has 4 heterocycles. The predicted octanol–water partition coefficient (Wildman–Crippen LogP) is -11.5. The number of carboxylic acid groups (broad SMARTS) is 2. The van der Waals surface area contributed by atoms with Crippen LogP contribution in [-0.2, 0) is 122 Å². The van der Waals surface area contributed by atoms with Crippen molar-refractivity contribution >= 4 is 74.1 Å². The van der Waals surface area contributed by atoms with Gasteiger partial charge in [-0.3, -0.25) is 27.3 Å². The van der Waals surface area contributed by atoms with Crippen LogP contribution in [0.2, 0.25) is 0 Å². The smallest absolute Gasteiger partial charge is 0.397 e. The van der Waals surface area contributed by atoms with Gasteiger partial charge in [0.2, 0.25) is 0 Å². The van der Waals surface area contributed by atoms with E-state index in [0.717, 1.165) is 4.72 Å². The van der Waals surface area contributed by atoms with Crippen molar-refractivity contribution in [3.8, 4) is 0 Å². The van der Waals surface area contributed by atoms with Crippen molar-refractivity contribution in [2.24, 2.45) is 0 Å². The van der Waals surface area contributed by atoms with Crippen LogP contribution in [0.4, 0.5) is 0 Å². The number of carbonyl (C=O) groups is 2. The van der Waals surface area contributed by atoms with E-state index < -0.39 is 210 Å². The Morgan fingerprint density at radius 2 is 0.831 bits per heavy atom. The third-order valence-corrected chi connectivity index (χ3v) is 12.5. The Bertz CT molecular complexity index is 2580. The van der Waals surface area contributed by atoms with E-state index in [1.807, 2.05) is 0 Å². The molecule has 71 heavy (non-hydrogen) atoms. The van der Waals surface area contributed by atoms with Crippen molar-refractivity contribution in [2.45, 2.75) is 123 Å². The van der Waals surface area contributed by atoms with Gasteiger partial charge in [0, 0.05) is 0 Å². The topological polar surface area (TPSA) is 648 Å². The lowest BCUT2D eigenvalue weighted by Crippen LogP contribution is -2.71. The fraction of sp³-hybridized carbons (Fsp3) is 0.917. The number of aliphatic carboxylic acids is 2. The Balaban J connectivity index is 1.81. The molecule has 0 amide bonds. The van der Waals surface area contributed by atoms with Gasteiger partial charge in [-0.25, -0.2) is 26.3 Å². The van der Waals surface area contributed by atoms with E-state index in [-0.39, 0.29) is 0 Å². The molecule has 416 valence electrons. The highest BCUT2D eigenvalue weighted by Crippen LogP contribution is 2.37. The first-order chi connectivity index (χ1) is 32.1. The molecule has 47 heteroatoms. The minimum atomic E-state index is -6.17. The lowest BCUT2D eigenvalue weighted by molar-refractivity contribution is -0.367. The number of carboxylic acids is 2. The number of hydrogen-bond acceptors (Lipinski definition) is 31. The molecule has 4 fully saturated rings. The maximum Gasteiger partial charge on any atom is 0.397 e. The molecular formula is C24H40N2O39S6. The fourth-order valence-electron chi connectivity index (χ4n) is 6.86. The van der Waals surface area contributed by atoms with Crippen molar-refractivity contribution in [1.82, 2.24) is 9.44 Å². The average Bonchev–Trinajstić information content (AvgIpc) is 3.17. The van der Waals surface area contributed by atoms with Gasteiger partial charge in [-0.05, 0) is 0 Å². The molecule has 4 aliphatic heterocycles. The van der Waals surface area contributed by atoms with Crippen LogP contribution >= 0.6 is 0 Å². The zero-order chi connectivity index (χ0) is 54.3. The van der Waals surface area contributed by atoms with Crippen molar-refractivity contribution in [2.75, 3.05) is 13.2 Å². The molecule has 4 aliphatic rings. The lowest BCUT2D eigenvalue weighted by Gasteiger charge is -2.49. The lowest BCUT2D eigenvalue weighted by atomic mass is 9.94. The molecule has 0 aromatic carbocycles. The second-order valence-electron chi connectivity index (χ2n) is 14.5. The third-order valence-electron chi connectivity index (χ3n) is 9.59. The van der Waals surface area contributed by atoms with E-state index in [4.69, 9.17) is 37.5 Å². The van der Waals surface area contributed by atoms with Crippen molar-refractivity contribution < 1.29 is 178 Å². The van der Waals surface area contributed by atoms with E-state index in [0.29, 0.717) is 0 Å². The Morgan fingerprint density at radius 1 is 0.423 bits per heavy atom. The first-order valence-electron chi connectivity index (χ1n) is 18.2. The third kappa shape index (κ3) is 17.3. The minimum absolute atomic E-state index is 1.16. The molecule has 0 bridgehead atoms. The maximum absolute atomic E-state index is 12.6. The molecule has 0 aromatic heterocycles. The van der Waals surface area contributed by atoms with E-state index in [2.05, 4.69) is 21.5 Å². The normalized spacial score (nSPS) is 39.2. The van der Waals surface area contributed by atoms with Crippen LogP contribution in [0.1, 0.15) is 0 Å². The van der Waals surface area contributed by atoms with Gasteiger partial charge in [0.1, 0.15) is 79.2 Å². The number of nitrogens with one attached hydrogen (secondary N) is 2. The number of rotatable bonds is 22. The zero-order valence-electron chi connectivity index (χ0n) is 33.9. The zero-order valence-corrected chi connectivity index (χ0v) is 38.8. The molecule has 0 aromatic rings. The summed E-state index contributed by atoms with van der Waals surface area (Å²) in [7, 11) is -34.4. The molecule has 0 unspecified atom stereocenters.